The standard InChI is InChI=1S/C19H26N2O2S/c1-13-8-10-16(15(3)21-18(13)24-7)12-20-14(2)9-11-17(22)23-19(4,5)6/h8-10,12H,1,11H2,2-7H3/b14-9-,20-12-. The van der Waals surface area contributed by atoms with E-state index in [4.69, 9.17) is 4.74 Å². The first kappa shape index (κ1) is 20.2. The maximum absolute atomic E-state index is 11.7. The Labute approximate surface area is 149 Å². The molecular formula is C19H26N2O2S. The number of esters is 1. The summed E-state index contributed by atoms with van der Waals surface area (Å²) in [6.45, 7) is 13.3. The van der Waals surface area contributed by atoms with E-state index in [2.05, 4.69) is 16.6 Å². The zero-order valence-electron chi connectivity index (χ0n) is 15.3. The van der Waals surface area contributed by atoms with Crippen molar-refractivity contribution in [2.24, 2.45) is 9.98 Å². The van der Waals surface area contributed by atoms with E-state index in [9.17, 15) is 4.79 Å². The molecule has 24 heavy (non-hydrogen) atoms. The number of carbonyl (C=O) groups excluding carboxylic acids is 1. The summed E-state index contributed by atoms with van der Waals surface area (Å²) in [6, 6.07) is 0. The second-order valence-corrected chi connectivity index (χ2v) is 7.21. The molecule has 0 radical (unpaired) electrons. The number of hydrogen-bond donors (Lipinski definition) is 0. The summed E-state index contributed by atoms with van der Waals surface area (Å²) in [4.78, 5) is 20.7. The monoisotopic (exact) mass is 346 g/mol. The number of carbonyl (C=O) groups is 1. The van der Waals surface area contributed by atoms with E-state index in [-0.39, 0.29) is 12.4 Å². The summed E-state index contributed by atoms with van der Waals surface area (Å²) >= 11 is 1.57. The molecule has 4 nitrogen and oxygen atoms in total. The molecule has 1 aliphatic rings. The molecule has 0 bridgehead atoms. The average Bonchev–Trinajstić information content (AvgIpc) is 2.60. The van der Waals surface area contributed by atoms with Gasteiger partial charge in [0.15, 0.2) is 0 Å². The van der Waals surface area contributed by atoms with Crippen LogP contribution in [0.5, 0.6) is 0 Å². The summed E-state index contributed by atoms with van der Waals surface area (Å²) in [5.41, 5.74) is 2.99. The normalized spacial score (nSPS) is 16.5. The molecule has 0 unspecified atom stereocenters. The first-order valence-corrected chi connectivity index (χ1v) is 8.98. The Kier molecular flexibility index (Phi) is 7.42. The maximum Gasteiger partial charge on any atom is 0.310 e. The van der Waals surface area contributed by atoms with Crippen molar-refractivity contribution in [2.75, 3.05) is 6.26 Å². The van der Waals surface area contributed by atoms with Crippen LogP contribution < -0.4 is 0 Å². The lowest BCUT2D eigenvalue weighted by Gasteiger charge is -2.18. The van der Waals surface area contributed by atoms with Gasteiger partial charge in [0.2, 0.25) is 0 Å². The number of nitrogens with zero attached hydrogens (tertiary/aromatic N) is 2. The Hall–Kier alpha value is -1.88. The summed E-state index contributed by atoms with van der Waals surface area (Å²) in [5, 5.41) is 0.907. The van der Waals surface area contributed by atoms with Crippen LogP contribution in [0.1, 0.15) is 41.0 Å². The van der Waals surface area contributed by atoms with Gasteiger partial charge in [0.05, 0.1) is 6.42 Å². The SMILES string of the molecule is C=C1C=CC(/C=N\C(C)=C/CC(=O)OC(C)(C)C)=C(C)N=C1SC. The van der Waals surface area contributed by atoms with Crippen molar-refractivity contribution in [3.8, 4) is 0 Å². The predicted octanol–water partition coefficient (Wildman–Crippen LogP) is 4.85. The average molecular weight is 346 g/mol. The fraction of sp³-hybridized carbons (Fsp3) is 0.421. The van der Waals surface area contributed by atoms with Crippen molar-refractivity contribution in [3.63, 3.8) is 0 Å². The molecule has 0 aliphatic carbocycles. The lowest BCUT2D eigenvalue weighted by Crippen LogP contribution is -2.23. The zero-order valence-corrected chi connectivity index (χ0v) is 16.2. The highest BCUT2D eigenvalue weighted by Gasteiger charge is 2.15. The number of rotatable bonds is 4. The van der Waals surface area contributed by atoms with Crippen LogP contribution in [-0.4, -0.2) is 29.1 Å². The van der Waals surface area contributed by atoms with Gasteiger partial charge in [-0.15, -0.1) is 11.8 Å². The number of thioether (sulfide) groups is 1. The summed E-state index contributed by atoms with van der Waals surface area (Å²) in [6.07, 6.45) is 9.60. The van der Waals surface area contributed by atoms with Gasteiger partial charge in [-0.1, -0.05) is 24.8 Å². The number of ether oxygens (including phenoxy) is 1. The van der Waals surface area contributed by atoms with Crippen molar-refractivity contribution >= 4 is 29.0 Å². The summed E-state index contributed by atoms with van der Waals surface area (Å²) in [5.74, 6) is -0.257. The van der Waals surface area contributed by atoms with Crippen LogP contribution in [-0.2, 0) is 9.53 Å². The van der Waals surface area contributed by atoms with E-state index < -0.39 is 5.60 Å². The van der Waals surface area contributed by atoms with Gasteiger partial charge >= 0.3 is 5.97 Å². The van der Waals surface area contributed by atoms with Gasteiger partial charge in [-0.3, -0.25) is 9.79 Å². The fourth-order valence-electron chi connectivity index (χ4n) is 1.82. The largest absolute Gasteiger partial charge is 0.460 e. The second-order valence-electron chi connectivity index (χ2n) is 6.41. The van der Waals surface area contributed by atoms with E-state index in [1.165, 1.54) is 0 Å². The van der Waals surface area contributed by atoms with Crippen LogP contribution in [0.2, 0.25) is 0 Å². The lowest BCUT2D eigenvalue weighted by molar-refractivity contribution is -0.153. The predicted molar refractivity (Wildman–Crippen MR) is 105 cm³/mol. The molecule has 1 rings (SSSR count). The van der Waals surface area contributed by atoms with Gasteiger partial charge in [0.1, 0.15) is 10.6 Å². The Bertz CT molecular complexity index is 659. The second kappa shape index (κ2) is 8.83. The van der Waals surface area contributed by atoms with Crippen molar-refractivity contribution in [1.82, 2.24) is 0 Å². The van der Waals surface area contributed by atoms with Crippen molar-refractivity contribution in [3.05, 3.63) is 47.3 Å². The molecule has 0 atom stereocenters. The molecule has 1 aliphatic heterocycles. The van der Waals surface area contributed by atoms with Crippen LogP contribution >= 0.6 is 11.8 Å². The molecule has 5 heteroatoms. The molecule has 0 spiro atoms. The van der Waals surface area contributed by atoms with Gasteiger partial charge in [0, 0.05) is 23.2 Å². The molecule has 0 fully saturated rings. The minimum Gasteiger partial charge on any atom is -0.460 e. The third-order valence-corrected chi connectivity index (χ3v) is 3.75. The maximum atomic E-state index is 11.7. The number of allylic oxidation sites excluding steroid dienone is 5. The third kappa shape index (κ3) is 7.13. The molecule has 0 aromatic carbocycles. The van der Waals surface area contributed by atoms with Gasteiger partial charge < -0.3 is 4.74 Å². The van der Waals surface area contributed by atoms with E-state index in [1.807, 2.05) is 53.0 Å². The Morgan fingerprint density at radius 3 is 2.67 bits per heavy atom. The van der Waals surface area contributed by atoms with Crippen LogP contribution in [0.25, 0.3) is 0 Å². The zero-order chi connectivity index (χ0) is 18.3. The Morgan fingerprint density at radius 1 is 1.42 bits per heavy atom. The lowest BCUT2D eigenvalue weighted by atomic mass is 10.2. The van der Waals surface area contributed by atoms with E-state index in [0.29, 0.717) is 0 Å². The Balaban J connectivity index is 2.79. The molecule has 0 aromatic heterocycles. The number of aliphatic imine (C=N–C) groups is 2. The van der Waals surface area contributed by atoms with Crippen LogP contribution in [0.15, 0.2) is 57.3 Å². The van der Waals surface area contributed by atoms with E-state index in [0.717, 1.165) is 27.6 Å². The molecule has 130 valence electrons. The van der Waals surface area contributed by atoms with Crippen molar-refractivity contribution < 1.29 is 9.53 Å². The van der Waals surface area contributed by atoms with Crippen molar-refractivity contribution in [1.29, 1.82) is 0 Å². The highest BCUT2D eigenvalue weighted by atomic mass is 32.2. The van der Waals surface area contributed by atoms with Crippen molar-refractivity contribution in [2.45, 2.75) is 46.6 Å². The first-order chi connectivity index (χ1) is 11.1. The minimum absolute atomic E-state index is 0.208. The molecular weight excluding hydrogens is 320 g/mol. The van der Waals surface area contributed by atoms with Crippen LogP contribution in [0, 0.1) is 0 Å². The quantitative estimate of drug-likeness (QED) is 0.540. The third-order valence-electron chi connectivity index (χ3n) is 3.01. The molecule has 0 saturated carbocycles. The summed E-state index contributed by atoms with van der Waals surface area (Å²) in [7, 11) is 0. The van der Waals surface area contributed by atoms with Crippen LogP contribution in [0.4, 0.5) is 0 Å². The molecule has 1 heterocycles. The van der Waals surface area contributed by atoms with Crippen LogP contribution in [0.3, 0.4) is 0 Å². The highest BCUT2D eigenvalue weighted by Crippen LogP contribution is 2.19. The van der Waals surface area contributed by atoms with Gasteiger partial charge in [0.25, 0.3) is 0 Å². The fourth-order valence-corrected chi connectivity index (χ4v) is 2.38. The van der Waals surface area contributed by atoms with Gasteiger partial charge in [-0.2, -0.15) is 0 Å². The highest BCUT2D eigenvalue weighted by molar-refractivity contribution is 8.13. The molecule has 0 aromatic rings. The summed E-state index contributed by atoms with van der Waals surface area (Å²) < 4.78 is 5.27. The van der Waals surface area contributed by atoms with E-state index in [1.54, 1.807) is 24.1 Å². The smallest absolute Gasteiger partial charge is 0.310 e. The van der Waals surface area contributed by atoms with E-state index >= 15 is 0 Å². The molecule has 0 saturated heterocycles. The Morgan fingerprint density at radius 2 is 2.08 bits per heavy atom. The molecule has 0 amide bonds. The molecule has 0 N–H and O–H groups in total. The van der Waals surface area contributed by atoms with Gasteiger partial charge in [-0.05, 0) is 46.4 Å². The topological polar surface area (TPSA) is 51.0 Å². The number of hydrogen-bond acceptors (Lipinski definition) is 5. The first-order valence-electron chi connectivity index (χ1n) is 7.76. The van der Waals surface area contributed by atoms with Gasteiger partial charge in [-0.25, -0.2) is 4.99 Å². The minimum atomic E-state index is -0.468.